The maximum Gasteiger partial charge on any atom is 0.335 e. The zero-order chi connectivity index (χ0) is 15.5. The summed E-state index contributed by atoms with van der Waals surface area (Å²) in [6.07, 6.45) is 0.751. The molecule has 0 saturated heterocycles. The zero-order valence-corrected chi connectivity index (χ0v) is 12.7. The summed E-state index contributed by atoms with van der Waals surface area (Å²) in [5.74, 6) is 0.153. The topological polar surface area (TPSA) is 65.0 Å². The van der Waals surface area contributed by atoms with Crippen molar-refractivity contribution in [1.82, 2.24) is 0 Å². The first-order valence-corrected chi connectivity index (χ1v) is 7.21. The summed E-state index contributed by atoms with van der Waals surface area (Å²) in [6, 6.07) is 6.47. The van der Waals surface area contributed by atoms with Crippen molar-refractivity contribution in [3.05, 3.63) is 29.8 Å². The quantitative estimate of drug-likeness (QED) is 0.636. The van der Waals surface area contributed by atoms with Gasteiger partial charge in [-0.2, -0.15) is 0 Å². The van der Waals surface area contributed by atoms with E-state index in [1.165, 1.54) is 12.1 Å². The first-order chi connectivity index (χ1) is 10.1. The van der Waals surface area contributed by atoms with Crippen molar-refractivity contribution >= 4 is 5.97 Å². The molecular formula is C16H24O5. The Bertz CT molecular complexity index is 417. The fourth-order valence-electron chi connectivity index (χ4n) is 1.61. The van der Waals surface area contributed by atoms with Crippen molar-refractivity contribution in [2.45, 2.75) is 20.3 Å². The lowest BCUT2D eigenvalue weighted by Gasteiger charge is -2.09. The second kappa shape index (κ2) is 10.2. The highest BCUT2D eigenvalue weighted by Gasteiger charge is 2.03. The maximum absolute atomic E-state index is 10.8. The van der Waals surface area contributed by atoms with Crippen LogP contribution in [-0.4, -0.2) is 44.1 Å². The molecule has 0 unspecified atom stereocenters. The van der Waals surface area contributed by atoms with Crippen LogP contribution >= 0.6 is 0 Å². The first kappa shape index (κ1) is 17.5. The minimum absolute atomic E-state index is 0.228. The molecule has 0 amide bonds. The monoisotopic (exact) mass is 296 g/mol. The Balaban J connectivity index is 2.04. The number of carbonyl (C=O) groups is 1. The minimum atomic E-state index is -0.954. The summed E-state index contributed by atoms with van der Waals surface area (Å²) >= 11 is 0. The van der Waals surface area contributed by atoms with E-state index in [2.05, 4.69) is 13.8 Å². The minimum Gasteiger partial charge on any atom is -0.493 e. The van der Waals surface area contributed by atoms with Gasteiger partial charge in [-0.3, -0.25) is 0 Å². The predicted molar refractivity (Wildman–Crippen MR) is 80.0 cm³/mol. The summed E-state index contributed by atoms with van der Waals surface area (Å²) < 4.78 is 16.3. The second-order valence-corrected chi connectivity index (χ2v) is 5.12. The van der Waals surface area contributed by atoms with E-state index < -0.39 is 5.97 Å². The Labute approximate surface area is 125 Å². The largest absolute Gasteiger partial charge is 0.493 e. The molecule has 0 saturated carbocycles. The molecule has 5 nitrogen and oxygen atoms in total. The van der Waals surface area contributed by atoms with Gasteiger partial charge in [0.2, 0.25) is 0 Å². The van der Waals surface area contributed by atoms with Crippen LogP contribution in [0.5, 0.6) is 5.75 Å². The lowest BCUT2D eigenvalue weighted by molar-refractivity contribution is 0.0343. The maximum atomic E-state index is 10.8. The van der Waals surface area contributed by atoms with Gasteiger partial charge in [0.15, 0.2) is 0 Å². The standard InChI is InChI=1S/C16H24O5/c1-13(2)12-20-10-9-19-7-4-8-21-15-6-3-5-14(11-15)16(17)18/h3,5-6,11,13H,4,7-10,12H2,1-2H3,(H,17,18). The van der Waals surface area contributed by atoms with Crippen LogP contribution in [-0.2, 0) is 9.47 Å². The third-order valence-corrected chi connectivity index (χ3v) is 2.61. The molecular weight excluding hydrogens is 272 g/mol. The average molecular weight is 296 g/mol. The van der Waals surface area contributed by atoms with Crippen LogP contribution in [0, 0.1) is 5.92 Å². The Morgan fingerprint density at radius 1 is 1.14 bits per heavy atom. The Morgan fingerprint density at radius 3 is 2.62 bits per heavy atom. The normalized spacial score (nSPS) is 10.8. The molecule has 1 N–H and O–H groups in total. The summed E-state index contributed by atoms with van der Waals surface area (Å²) in [7, 11) is 0. The van der Waals surface area contributed by atoms with Crippen LogP contribution in [0.1, 0.15) is 30.6 Å². The Kier molecular flexibility index (Phi) is 8.47. The van der Waals surface area contributed by atoms with Crippen LogP contribution < -0.4 is 4.74 Å². The highest BCUT2D eigenvalue weighted by molar-refractivity contribution is 5.87. The van der Waals surface area contributed by atoms with Crippen molar-refractivity contribution in [2.24, 2.45) is 5.92 Å². The van der Waals surface area contributed by atoms with Crippen LogP contribution in [0.4, 0.5) is 0 Å². The molecule has 0 radical (unpaired) electrons. The first-order valence-electron chi connectivity index (χ1n) is 7.21. The van der Waals surface area contributed by atoms with Gasteiger partial charge in [0, 0.05) is 19.6 Å². The van der Waals surface area contributed by atoms with Gasteiger partial charge in [-0.15, -0.1) is 0 Å². The van der Waals surface area contributed by atoms with Crippen molar-refractivity contribution < 1.29 is 24.1 Å². The van der Waals surface area contributed by atoms with Gasteiger partial charge in [-0.05, 0) is 24.1 Å². The molecule has 21 heavy (non-hydrogen) atoms. The molecule has 0 bridgehead atoms. The highest BCUT2D eigenvalue weighted by atomic mass is 16.5. The van der Waals surface area contributed by atoms with E-state index in [1.54, 1.807) is 12.1 Å². The van der Waals surface area contributed by atoms with Crippen molar-refractivity contribution in [1.29, 1.82) is 0 Å². The molecule has 0 spiro atoms. The summed E-state index contributed by atoms with van der Waals surface area (Å²) in [4.78, 5) is 10.8. The molecule has 0 aromatic heterocycles. The van der Waals surface area contributed by atoms with Crippen LogP contribution in [0.15, 0.2) is 24.3 Å². The van der Waals surface area contributed by atoms with Crippen molar-refractivity contribution in [3.63, 3.8) is 0 Å². The summed E-state index contributed by atoms with van der Waals surface area (Å²) in [5.41, 5.74) is 0.228. The molecule has 0 atom stereocenters. The number of ether oxygens (including phenoxy) is 3. The third kappa shape index (κ3) is 8.32. The third-order valence-electron chi connectivity index (χ3n) is 2.61. The zero-order valence-electron chi connectivity index (χ0n) is 12.7. The van der Waals surface area contributed by atoms with Gasteiger partial charge in [-0.1, -0.05) is 19.9 Å². The van der Waals surface area contributed by atoms with E-state index in [-0.39, 0.29) is 5.56 Å². The van der Waals surface area contributed by atoms with Crippen LogP contribution in [0.2, 0.25) is 0 Å². The number of hydrogen-bond donors (Lipinski definition) is 1. The van der Waals surface area contributed by atoms with Gasteiger partial charge >= 0.3 is 5.97 Å². The van der Waals surface area contributed by atoms with E-state index in [0.717, 1.165) is 13.0 Å². The number of rotatable bonds is 11. The fraction of sp³-hybridized carbons (Fsp3) is 0.562. The van der Waals surface area contributed by atoms with Crippen LogP contribution in [0.3, 0.4) is 0 Å². The molecule has 1 aromatic rings. The average Bonchev–Trinajstić information content (AvgIpc) is 2.45. The van der Waals surface area contributed by atoms with Crippen molar-refractivity contribution in [2.75, 3.05) is 33.0 Å². The lowest BCUT2D eigenvalue weighted by Crippen LogP contribution is -2.10. The van der Waals surface area contributed by atoms with Crippen molar-refractivity contribution in [3.8, 4) is 5.75 Å². The Morgan fingerprint density at radius 2 is 1.90 bits per heavy atom. The molecule has 0 heterocycles. The van der Waals surface area contributed by atoms with E-state index >= 15 is 0 Å². The van der Waals surface area contributed by atoms with E-state index in [4.69, 9.17) is 19.3 Å². The van der Waals surface area contributed by atoms with Gasteiger partial charge in [0.1, 0.15) is 5.75 Å². The van der Waals surface area contributed by atoms with Gasteiger partial charge in [0.05, 0.1) is 25.4 Å². The van der Waals surface area contributed by atoms with E-state index in [0.29, 0.717) is 38.1 Å². The lowest BCUT2D eigenvalue weighted by atomic mass is 10.2. The SMILES string of the molecule is CC(C)COCCOCCCOc1cccc(C(=O)O)c1. The smallest absolute Gasteiger partial charge is 0.335 e. The second-order valence-electron chi connectivity index (χ2n) is 5.12. The van der Waals surface area contributed by atoms with Crippen LogP contribution in [0.25, 0.3) is 0 Å². The molecule has 0 fully saturated rings. The Hall–Kier alpha value is -1.59. The number of carboxylic acids is 1. The van der Waals surface area contributed by atoms with Gasteiger partial charge < -0.3 is 19.3 Å². The number of carboxylic acid groups (broad SMARTS) is 1. The predicted octanol–water partition coefficient (Wildman–Crippen LogP) is 2.84. The molecule has 0 aliphatic rings. The van der Waals surface area contributed by atoms with E-state index in [9.17, 15) is 4.79 Å². The molecule has 1 rings (SSSR count). The molecule has 118 valence electrons. The van der Waals surface area contributed by atoms with Gasteiger partial charge in [0.25, 0.3) is 0 Å². The van der Waals surface area contributed by atoms with E-state index in [1.807, 2.05) is 0 Å². The molecule has 0 aliphatic heterocycles. The van der Waals surface area contributed by atoms with Gasteiger partial charge in [-0.25, -0.2) is 4.79 Å². The number of hydrogen-bond acceptors (Lipinski definition) is 4. The summed E-state index contributed by atoms with van der Waals surface area (Å²) in [5, 5.41) is 8.87. The molecule has 0 aliphatic carbocycles. The molecule has 1 aromatic carbocycles. The highest BCUT2D eigenvalue weighted by Crippen LogP contribution is 2.13. The fourth-order valence-corrected chi connectivity index (χ4v) is 1.61. The number of aromatic carboxylic acids is 1. The molecule has 5 heteroatoms. The summed E-state index contributed by atoms with van der Waals surface area (Å²) in [6.45, 7) is 7.27. The number of benzene rings is 1.